The molecular weight excluding hydrogens is 442 g/mol. The van der Waals surface area contributed by atoms with Crippen LogP contribution in [0.15, 0.2) is 41.3 Å². The van der Waals surface area contributed by atoms with Gasteiger partial charge in [0.15, 0.2) is 0 Å². The first-order valence-electron chi connectivity index (χ1n) is 11.0. The first kappa shape index (κ1) is 23.4. The quantitative estimate of drug-likeness (QED) is 0.723. The molecule has 0 spiro atoms. The third-order valence-corrected chi connectivity index (χ3v) is 8.33. The molecule has 33 heavy (non-hydrogen) atoms. The van der Waals surface area contributed by atoms with Gasteiger partial charge in [-0.3, -0.25) is 9.59 Å². The number of ether oxygens (including phenoxy) is 1. The molecule has 0 aromatic heterocycles. The third kappa shape index (κ3) is 4.66. The minimum absolute atomic E-state index is 0.0933. The third-order valence-electron chi connectivity index (χ3n) is 6.44. The van der Waals surface area contributed by atoms with Crippen molar-refractivity contribution in [1.82, 2.24) is 4.31 Å². The Labute approximate surface area is 194 Å². The van der Waals surface area contributed by atoms with Crippen LogP contribution in [0.3, 0.4) is 0 Å². The second kappa shape index (κ2) is 9.24. The van der Waals surface area contributed by atoms with Crippen molar-refractivity contribution >= 4 is 33.2 Å². The summed E-state index contributed by atoms with van der Waals surface area (Å²) in [6.45, 7) is 7.39. The highest BCUT2D eigenvalue weighted by Crippen LogP contribution is 2.31. The lowest BCUT2D eigenvalue weighted by Gasteiger charge is -2.26. The van der Waals surface area contributed by atoms with E-state index in [0.717, 1.165) is 22.4 Å². The molecule has 4 rings (SSSR count). The fourth-order valence-corrected chi connectivity index (χ4v) is 5.65. The molecule has 1 N–H and O–H groups in total. The number of sulfonamides is 1. The van der Waals surface area contributed by atoms with Crippen molar-refractivity contribution in [3.63, 3.8) is 0 Å². The van der Waals surface area contributed by atoms with Crippen molar-refractivity contribution in [2.45, 2.75) is 32.1 Å². The maximum atomic E-state index is 13.0. The molecule has 176 valence electrons. The standard InChI is InChI=1S/C24H29N3O5S/c1-16-5-4-6-22(18(16)3)27-15-19(13-23(27)28)24(29)25-21-14-20(8-7-17(21)2)33(30,31)26-9-11-32-12-10-26/h4-8,14,19H,9-13,15H2,1-3H3,(H,25,29). The highest BCUT2D eigenvalue weighted by molar-refractivity contribution is 7.89. The summed E-state index contributed by atoms with van der Waals surface area (Å²) in [5.41, 5.74) is 4.11. The number of anilines is 2. The van der Waals surface area contributed by atoms with Crippen molar-refractivity contribution in [3.8, 4) is 0 Å². The first-order chi connectivity index (χ1) is 15.7. The Hall–Kier alpha value is -2.75. The lowest BCUT2D eigenvalue weighted by atomic mass is 10.1. The summed E-state index contributed by atoms with van der Waals surface area (Å²) in [6, 6.07) is 10.5. The molecule has 2 aliphatic rings. The zero-order chi connectivity index (χ0) is 23.8. The molecule has 2 amide bonds. The van der Waals surface area contributed by atoms with E-state index in [2.05, 4.69) is 5.32 Å². The number of benzene rings is 2. The van der Waals surface area contributed by atoms with E-state index >= 15 is 0 Å². The fraction of sp³-hybridized carbons (Fsp3) is 0.417. The largest absolute Gasteiger partial charge is 0.379 e. The smallest absolute Gasteiger partial charge is 0.243 e. The Kier molecular flexibility index (Phi) is 6.56. The molecule has 8 nitrogen and oxygen atoms in total. The molecule has 2 heterocycles. The molecule has 9 heteroatoms. The fourth-order valence-electron chi connectivity index (χ4n) is 4.21. The predicted molar refractivity (Wildman–Crippen MR) is 126 cm³/mol. The van der Waals surface area contributed by atoms with E-state index in [-0.39, 0.29) is 23.1 Å². The zero-order valence-electron chi connectivity index (χ0n) is 19.1. The van der Waals surface area contributed by atoms with Gasteiger partial charge in [0.25, 0.3) is 0 Å². The van der Waals surface area contributed by atoms with E-state index in [1.807, 2.05) is 39.0 Å². The minimum atomic E-state index is -3.68. The van der Waals surface area contributed by atoms with Gasteiger partial charge in [0.05, 0.1) is 24.0 Å². The number of hydrogen-bond donors (Lipinski definition) is 1. The van der Waals surface area contributed by atoms with E-state index in [1.165, 1.54) is 10.4 Å². The second-order valence-corrected chi connectivity index (χ2v) is 10.5. The summed E-state index contributed by atoms with van der Waals surface area (Å²) in [4.78, 5) is 27.5. The molecular formula is C24H29N3O5S. The van der Waals surface area contributed by atoms with E-state index < -0.39 is 15.9 Å². The van der Waals surface area contributed by atoms with Gasteiger partial charge in [0.2, 0.25) is 21.8 Å². The minimum Gasteiger partial charge on any atom is -0.379 e. The Morgan fingerprint density at radius 1 is 1.06 bits per heavy atom. The van der Waals surface area contributed by atoms with Crippen LogP contribution in [-0.2, 0) is 24.3 Å². The lowest BCUT2D eigenvalue weighted by molar-refractivity contribution is -0.122. The van der Waals surface area contributed by atoms with Gasteiger partial charge in [-0.15, -0.1) is 0 Å². The summed E-state index contributed by atoms with van der Waals surface area (Å²) in [7, 11) is -3.68. The van der Waals surface area contributed by atoms with Crippen LogP contribution in [0.5, 0.6) is 0 Å². The lowest BCUT2D eigenvalue weighted by Crippen LogP contribution is -2.40. The van der Waals surface area contributed by atoms with Crippen molar-refractivity contribution < 1.29 is 22.7 Å². The molecule has 1 atom stereocenters. The van der Waals surface area contributed by atoms with Crippen molar-refractivity contribution in [3.05, 3.63) is 53.1 Å². The normalized spacial score (nSPS) is 19.7. The maximum absolute atomic E-state index is 13.0. The average molecular weight is 472 g/mol. The number of hydrogen-bond acceptors (Lipinski definition) is 5. The summed E-state index contributed by atoms with van der Waals surface area (Å²) in [6.07, 6.45) is 0.115. The van der Waals surface area contributed by atoms with Crippen LogP contribution in [0.2, 0.25) is 0 Å². The second-order valence-electron chi connectivity index (χ2n) is 8.61. The van der Waals surface area contributed by atoms with Crippen molar-refractivity contribution in [2.75, 3.05) is 43.1 Å². The summed E-state index contributed by atoms with van der Waals surface area (Å²) >= 11 is 0. The molecule has 0 aliphatic carbocycles. The van der Waals surface area contributed by atoms with E-state index in [4.69, 9.17) is 4.74 Å². The Bertz CT molecular complexity index is 1190. The average Bonchev–Trinajstić information content (AvgIpc) is 3.19. The van der Waals surface area contributed by atoms with Gasteiger partial charge < -0.3 is 15.0 Å². The molecule has 2 saturated heterocycles. The van der Waals surface area contributed by atoms with E-state index in [9.17, 15) is 18.0 Å². The highest BCUT2D eigenvalue weighted by atomic mass is 32.2. The van der Waals surface area contributed by atoms with Crippen LogP contribution >= 0.6 is 0 Å². The van der Waals surface area contributed by atoms with E-state index in [1.54, 1.807) is 17.0 Å². The van der Waals surface area contributed by atoms with Gasteiger partial charge in [0.1, 0.15) is 0 Å². The summed E-state index contributed by atoms with van der Waals surface area (Å²) in [5.74, 6) is -0.902. The number of carbonyl (C=O) groups excluding carboxylic acids is 2. The van der Waals surface area contributed by atoms with Crippen molar-refractivity contribution in [2.24, 2.45) is 5.92 Å². The predicted octanol–water partition coefficient (Wildman–Crippen LogP) is 2.62. The molecule has 2 fully saturated rings. The Morgan fingerprint density at radius 2 is 1.79 bits per heavy atom. The van der Waals surface area contributed by atoms with Gasteiger partial charge in [-0.05, 0) is 55.7 Å². The van der Waals surface area contributed by atoms with Gasteiger partial charge in [-0.25, -0.2) is 8.42 Å². The van der Waals surface area contributed by atoms with Gasteiger partial charge >= 0.3 is 0 Å². The summed E-state index contributed by atoms with van der Waals surface area (Å²) < 4.78 is 32.6. The van der Waals surface area contributed by atoms with Crippen LogP contribution in [0.4, 0.5) is 11.4 Å². The molecule has 2 aliphatic heterocycles. The number of amides is 2. The molecule has 0 bridgehead atoms. The van der Waals surface area contributed by atoms with Crippen LogP contribution < -0.4 is 10.2 Å². The highest BCUT2D eigenvalue weighted by Gasteiger charge is 2.36. The zero-order valence-corrected chi connectivity index (χ0v) is 19.9. The SMILES string of the molecule is Cc1ccc(S(=O)(=O)N2CCOCC2)cc1NC(=O)C1CC(=O)N(c2cccc(C)c2C)C1. The van der Waals surface area contributed by atoms with E-state index in [0.29, 0.717) is 38.5 Å². The van der Waals surface area contributed by atoms with Crippen molar-refractivity contribution in [1.29, 1.82) is 0 Å². The molecule has 2 aromatic carbocycles. The number of carbonyl (C=O) groups is 2. The first-order valence-corrected chi connectivity index (χ1v) is 12.5. The number of nitrogens with zero attached hydrogens (tertiary/aromatic N) is 2. The van der Waals surface area contributed by atoms with Gasteiger partial charge in [-0.1, -0.05) is 18.2 Å². The number of nitrogens with one attached hydrogen (secondary N) is 1. The van der Waals surface area contributed by atoms with Crippen LogP contribution in [0.1, 0.15) is 23.1 Å². The maximum Gasteiger partial charge on any atom is 0.243 e. The van der Waals surface area contributed by atoms with Crippen LogP contribution in [0.25, 0.3) is 0 Å². The van der Waals surface area contributed by atoms with Crippen LogP contribution in [-0.4, -0.2) is 57.4 Å². The Morgan fingerprint density at radius 3 is 2.52 bits per heavy atom. The number of morpholine rings is 1. The molecule has 0 radical (unpaired) electrons. The molecule has 2 aromatic rings. The topological polar surface area (TPSA) is 96.0 Å². The van der Waals surface area contributed by atoms with Crippen LogP contribution in [0, 0.1) is 26.7 Å². The number of rotatable bonds is 5. The summed E-state index contributed by atoms with van der Waals surface area (Å²) in [5, 5.41) is 2.86. The molecule has 0 saturated carbocycles. The monoisotopic (exact) mass is 471 g/mol. The number of aryl methyl sites for hydroxylation is 2. The molecule has 1 unspecified atom stereocenters. The van der Waals surface area contributed by atoms with Gasteiger partial charge in [-0.2, -0.15) is 4.31 Å². The Balaban J connectivity index is 1.51. The van der Waals surface area contributed by atoms with Gasteiger partial charge in [0, 0.05) is 37.4 Å².